The lowest BCUT2D eigenvalue weighted by atomic mass is 10.0. The van der Waals surface area contributed by atoms with Crippen LogP contribution in [-0.2, 0) is 6.54 Å². The first-order valence-electron chi connectivity index (χ1n) is 6.20. The Balaban J connectivity index is 2.22. The molecule has 1 atom stereocenters. The number of likely N-dealkylation sites (N-methyl/N-ethyl adjacent to an activating group) is 1. The van der Waals surface area contributed by atoms with Gasteiger partial charge in [0.1, 0.15) is 0 Å². The molecule has 1 aromatic carbocycles. The summed E-state index contributed by atoms with van der Waals surface area (Å²) in [6.07, 6.45) is 0. The fraction of sp³-hybridized carbons (Fsp3) is 0.286. The third kappa shape index (κ3) is 3.85. The van der Waals surface area contributed by atoms with E-state index in [0.29, 0.717) is 12.1 Å². The van der Waals surface area contributed by atoms with E-state index < -0.39 is 23.5 Å². The van der Waals surface area contributed by atoms with Gasteiger partial charge in [0.2, 0.25) is 0 Å². The molecule has 0 spiro atoms. The fourth-order valence-corrected chi connectivity index (χ4v) is 3.37. The molecule has 2 aromatic rings. The highest BCUT2D eigenvalue weighted by molar-refractivity contribution is 9.11. The van der Waals surface area contributed by atoms with Gasteiger partial charge in [-0.15, -0.1) is 11.3 Å². The number of hydrogen-bond acceptors (Lipinski definition) is 3. The van der Waals surface area contributed by atoms with Crippen molar-refractivity contribution in [1.29, 1.82) is 0 Å². The molecule has 0 radical (unpaired) electrons. The normalized spacial score (nSPS) is 12.9. The van der Waals surface area contributed by atoms with E-state index in [0.717, 1.165) is 21.5 Å². The van der Waals surface area contributed by atoms with E-state index in [-0.39, 0.29) is 6.54 Å². The molecule has 1 aromatic heterocycles. The lowest BCUT2D eigenvalue weighted by Crippen LogP contribution is -2.30. The summed E-state index contributed by atoms with van der Waals surface area (Å²) >= 11 is 4.94. The molecule has 2 nitrogen and oxygen atoms in total. The van der Waals surface area contributed by atoms with E-state index in [1.807, 2.05) is 23.4 Å². The minimum atomic E-state index is -1.46. The van der Waals surface area contributed by atoms with Crippen LogP contribution in [0.5, 0.6) is 0 Å². The van der Waals surface area contributed by atoms with Crippen LogP contribution in [0.15, 0.2) is 27.4 Å². The predicted octanol–water partition coefficient (Wildman–Crippen LogP) is 4.06. The average molecular weight is 379 g/mol. The second kappa shape index (κ2) is 6.91. The number of nitrogens with two attached hydrogens (primary N) is 1. The van der Waals surface area contributed by atoms with Crippen molar-refractivity contribution in [3.05, 3.63) is 55.9 Å². The van der Waals surface area contributed by atoms with Crippen LogP contribution in [0.25, 0.3) is 0 Å². The lowest BCUT2D eigenvalue weighted by Gasteiger charge is -2.27. The number of benzene rings is 1. The Bertz CT molecular complexity index is 609. The fourth-order valence-electron chi connectivity index (χ4n) is 2.16. The number of rotatable bonds is 5. The smallest absolute Gasteiger partial charge is 0.194 e. The molecule has 0 saturated carbocycles. The van der Waals surface area contributed by atoms with E-state index in [9.17, 15) is 13.2 Å². The Morgan fingerprint density at radius 2 is 1.86 bits per heavy atom. The second-order valence-corrected chi connectivity index (χ2v) is 7.01. The number of hydrogen-bond donors (Lipinski definition) is 1. The van der Waals surface area contributed by atoms with E-state index >= 15 is 0 Å². The Morgan fingerprint density at radius 3 is 2.33 bits per heavy atom. The van der Waals surface area contributed by atoms with Crippen LogP contribution < -0.4 is 5.73 Å². The zero-order valence-corrected chi connectivity index (χ0v) is 13.6. The first kappa shape index (κ1) is 16.5. The van der Waals surface area contributed by atoms with Crippen LogP contribution in [0.1, 0.15) is 17.2 Å². The van der Waals surface area contributed by atoms with Gasteiger partial charge in [-0.05, 0) is 57.7 Å². The predicted molar refractivity (Wildman–Crippen MR) is 81.6 cm³/mol. The summed E-state index contributed by atoms with van der Waals surface area (Å²) in [5.74, 6) is -3.86. The van der Waals surface area contributed by atoms with Crippen molar-refractivity contribution in [2.24, 2.45) is 5.73 Å². The molecule has 0 aliphatic heterocycles. The molecular weight excluding hydrogens is 365 g/mol. The van der Waals surface area contributed by atoms with E-state index in [4.69, 9.17) is 5.73 Å². The topological polar surface area (TPSA) is 29.3 Å². The van der Waals surface area contributed by atoms with Crippen LogP contribution in [0.4, 0.5) is 13.2 Å². The third-order valence-electron chi connectivity index (χ3n) is 3.20. The SMILES string of the molecule is CN(Cc1csc(Br)c1)C(CN)c1cc(F)c(F)c(F)c1. The second-order valence-electron chi connectivity index (χ2n) is 4.72. The summed E-state index contributed by atoms with van der Waals surface area (Å²) < 4.78 is 40.7. The standard InChI is InChI=1S/C14H14BrF3N2S/c1-20(6-8-2-13(15)21-7-8)12(5-19)9-3-10(16)14(18)11(17)4-9/h2-4,7,12H,5-6,19H2,1H3. The molecule has 0 aliphatic rings. The molecule has 1 heterocycles. The molecule has 0 saturated heterocycles. The molecule has 2 rings (SSSR count). The molecule has 0 amide bonds. The van der Waals surface area contributed by atoms with Crippen molar-refractivity contribution < 1.29 is 13.2 Å². The molecule has 0 bridgehead atoms. The molecule has 1 unspecified atom stereocenters. The summed E-state index contributed by atoms with van der Waals surface area (Å²) in [6, 6.07) is 3.57. The largest absolute Gasteiger partial charge is 0.329 e. The van der Waals surface area contributed by atoms with Gasteiger partial charge in [0.25, 0.3) is 0 Å². The van der Waals surface area contributed by atoms with Gasteiger partial charge < -0.3 is 5.73 Å². The van der Waals surface area contributed by atoms with Gasteiger partial charge in [-0.2, -0.15) is 0 Å². The Labute approximate surface area is 133 Å². The lowest BCUT2D eigenvalue weighted by molar-refractivity contribution is 0.240. The summed E-state index contributed by atoms with van der Waals surface area (Å²) in [5.41, 5.74) is 7.11. The Morgan fingerprint density at radius 1 is 1.24 bits per heavy atom. The quantitative estimate of drug-likeness (QED) is 0.794. The monoisotopic (exact) mass is 378 g/mol. The van der Waals surface area contributed by atoms with E-state index in [1.54, 1.807) is 11.3 Å². The van der Waals surface area contributed by atoms with Gasteiger partial charge >= 0.3 is 0 Å². The van der Waals surface area contributed by atoms with Crippen molar-refractivity contribution in [1.82, 2.24) is 4.90 Å². The van der Waals surface area contributed by atoms with Gasteiger partial charge in [-0.1, -0.05) is 0 Å². The van der Waals surface area contributed by atoms with Crippen molar-refractivity contribution in [3.63, 3.8) is 0 Å². The number of nitrogens with zero attached hydrogens (tertiary/aromatic N) is 1. The molecule has 0 fully saturated rings. The minimum absolute atomic E-state index is 0.173. The van der Waals surface area contributed by atoms with Crippen LogP contribution >= 0.6 is 27.3 Å². The maximum absolute atomic E-state index is 13.4. The first-order chi connectivity index (χ1) is 9.92. The van der Waals surface area contributed by atoms with Gasteiger partial charge in [-0.25, -0.2) is 13.2 Å². The highest BCUT2D eigenvalue weighted by atomic mass is 79.9. The highest BCUT2D eigenvalue weighted by Gasteiger charge is 2.20. The maximum Gasteiger partial charge on any atom is 0.194 e. The van der Waals surface area contributed by atoms with E-state index in [2.05, 4.69) is 15.9 Å². The first-order valence-corrected chi connectivity index (χ1v) is 7.87. The van der Waals surface area contributed by atoms with Gasteiger partial charge in [0.15, 0.2) is 17.5 Å². The zero-order chi connectivity index (χ0) is 15.6. The molecule has 21 heavy (non-hydrogen) atoms. The van der Waals surface area contributed by atoms with Gasteiger partial charge in [0, 0.05) is 19.1 Å². The van der Waals surface area contributed by atoms with Gasteiger partial charge in [0.05, 0.1) is 3.79 Å². The van der Waals surface area contributed by atoms with Gasteiger partial charge in [-0.3, -0.25) is 4.90 Å². The van der Waals surface area contributed by atoms with Crippen molar-refractivity contribution >= 4 is 27.3 Å². The van der Waals surface area contributed by atoms with Crippen LogP contribution in [0.3, 0.4) is 0 Å². The van der Waals surface area contributed by atoms with Crippen LogP contribution in [-0.4, -0.2) is 18.5 Å². The molecule has 0 aliphatic carbocycles. The van der Waals surface area contributed by atoms with Crippen molar-refractivity contribution in [3.8, 4) is 0 Å². The third-order valence-corrected chi connectivity index (χ3v) is 4.75. The number of thiophene rings is 1. The van der Waals surface area contributed by atoms with Crippen molar-refractivity contribution in [2.45, 2.75) is 12.6 Å². The molecule has 7 heteroatoms. The van der Waals surface area contributed by atoms with Crippen LogP contribution in [0, 0.1) is 17.5 Å². The Kier molecular flexibility index (Phi) is 5.43. The Hall–Kier alpha value is -0.890. The number of halogens is 4. The summed E-state index contributed by atoms with van der Waals surface area (Å²) in [7, 11) is 1.81. The summed E-state index contributed by atoms with van der Waals surface area (Å²) in [4.78, 5) is 1.88. The van der Waals surface area contributed by atoms with Crippen molar-refractivity contribution in [2.75, 3.05) is 13.6 Å². The zero-order valence-electron chi connectivity index (χ0n) is 11.2. The average Bonchev–Trinajstić information content (AvgIpc) is 2.82. The summed E-state index contributed by atoms with van der Waals surface area (Å²) in [5, 5.41) is 1.99. The maximum atomic E-state index is 13.4. The molecule has 2 N–H and O–H groups in total. The minimum Gasteiger partial charge on any atom is -0.329 e. The molecule has 114 valence electrons. The van der Waals surface area contributed by atoms with E-state index in [1.165, 1.54) is 0 Å². The van der Waals surface area contributed by atoms with Crippen LogP contribution in [0.2, 0.25) is 0 Å². The summed E-state index contributed by atoms with van der Waals surface area (Å²) in [6.45, 7) is 0.747. The molecular formula is C14H14BrF3N2S. The highest BCUT2D eigenvalue weighted by Crippen LogP contribution is 2.26.